The molecular formula is C10H7O2. The van der Waals surface area contributed by atoms with Gasteiger partial charge in [0.1, 0.15) is 18.8 Å². The van der Waals surface area contributed by atoms with E-state index in [4.69, 9.17) is 9.47 Å². The van der Waals surface area contributed by atoms with E-state index in [-0.39, 0.29) is 0 Å². The lowest BCUT2D eigenvalue weighted by Gasteiger charge is -2.08. The molecule has 2 heteroatoms. The van der Waals surface area contributed by atoms with Crippen molar-refractivity contribution in [2.24, 2.45) is 0 Å². The third-order valence-corrected chi connectivity index (χ3v) is 1.51. The highest BCUT2D eigenvalue weighted by Crippen LogP contribution is 2.17. The minimum Gasteiger partial charge on any atom is -0.465 e. The number of rotatable bonds is 1. The van der Waals surface area contributed by atoms with E-state index >= 15 is 0 Å². The molecule has 2 rings (SSSR count). The molecule has 0 saturated carbocycles. The first-order chi connectivity index (χ1) is 5.97. The van der Waals surface area contributed by atoms with E-state index in [0.29, 0.717) is 5.76 Å². The van der Waals surface area contributed by atoms with Crippen LogP contribution in [0.4, 0.5) is 0 Å². The molecule has 1 aromatic carbocycles. The van der Waals surface area contributed by atoms with Gasteiger partial charge in [0.25, 0.3) is 0 Å². The molecular weight excluding hydrogens is 152 g/mol. The van der Waals surface area contributed by atoms with E-state index in [1.807, 2.05) is 24.3 Å². The summed E-state index contributed by atoms with van der Waals surface area (Å²) in [5, 5.41) is 0. The quantitative estimate of drug-likeness (QED) is 0.626. The summed E-state index contributed by atoms with van der Waals surface area (Å²) in [6.07, 6.45) is 4.56. The predicted molar refractivity (Wildman–Crippen MR) is 44.6 cm³/mol. The Hall–Kier alpha value is -1.70. The van der Waals surface area contributed by atoms with Crippen molar-refractivity contribution in [3.8, 4) is 0 Å². The van der Waals surface area contributed by atoms with E-state index in [1.165, 1.54) is 12.5 Å². The average Bonchev–Trinajstić information content (AvgIpc) is 2.21. The van der Waals surface area contributed by atoms with Crippen molar-refractivity contribution in [2.45, 2.75) is 0 Å². The molecule has 0 N–H and O–H groups in total. The molecule has 0 spiro atoms. The van der Waals surface area contributed by atoms with Crippen LogP contribution in [0, 0.1) is 6.07 Å². The first-order valence-corrected chi connectivity index (χ1v) is 3.60. The summed E-state index contributed by atoms with van der Waals surface area (Å²) in [5.41, 5.74) is 0.984. The molecule has 59 valence electrons. The highest BCUT2D eigenvalue weighted by molar-refractivity contribution is 5.59. The van der Waals surface area contributed by atoms with Crippen molar-refractivity contribution < 1.29 is 9.47 Å². The number of ether oxygens (including phenoxy) is 2. The van der Waals surface area contributed by atoms with Crippen LogP contribution in [0.1, 0.15) is 5.56 Å². The Morgan fingerprint density at radius 2 is 1.92 bits per heavy atom. The van der Waals surface area contributed by atoms with Gasteiger partial charge in [0.05, 0.1) is 0 Å². The third kappa shape index (κ3) is 1.32. The lowest BCUT2D eigenvalue weighted by molar-refractivity contribution is 0.312. The topological polar surface area (TPSA) is 18.5 Å². The Morgan fingerprint density at radius 3 is 2.58 bits per heavy atom. The summed E-state index contributed by atoms with van der Waals surface area (Å²) in [6, 6.07) is 10.4. The maximum atomic E-state index is 5.21. The van der Waals surface area contributed by atoms with Gasteiger partial charge in [0.2, 0.25) is 0 Å². The van der Waals surface area contributed by atoms with Gasteiger partial charge >= 0.3 is 0 Å². The fourth-order valence-corrected chi connectivity index (χ4v) is 0.949. The zero-order valence-electron chi connectivity index (χ0n) is 6.36. The van der Waals surface area contributed by atoms with Crippen LogP contribution in [-0.2, 0) is 9.47 Å². The van der Waals surface area contributed by atoms with Crippen LogP contribution in [-0.4, -0.2) is 0 Å². The molecule has 0 saturated heterocycles. The number of hydrogen-bond donors (Lipinski definition) is 0. The van der Waals surface area contributed by atoms with E-state index in [2.05, 4.69) is 6.07 Å². The maximum Gasteiger partial charge on any atom is 0.168 e. The molecule has 1 aromatic rings. The summed E-state index contributed by atoms with van der Waals surface area (Å²) >= 11 is 0. The van der Waals surface area contributed by atoms with Crippen LogP contribution in [0.5, 0.6) is 0 Å². The van der Waals surface area contributed by atoms with Crippen LogP contribution in [0.15, 0.2) is 43.1 Å². The lowest BCUT2D eigenvalue weighted by Crippen LogP contribution is -1.90. The van der Waals surface area contributed by atoms with Gasteiger partial charge in [-0.1, -0.05) is 24.3 Å². The van der Waals surface area contributed by atoms with Gasteiger partial charge in [-0.25, -0.2) is 0 Å². The zero-order valence-corrected chi connectivity index (χ0v) is 6.36. The van der Waals surface area contributed by atoms with E-state index in [1.54, 1.807) is 6.26 Å². The Morgan fingerprint density at radius 1 is 1.08 bits per heavy atom. The molecule has 1 radical (unpaired) electrons. The molecule has 0 bridgehead atoms. The van der Waals surface area contributed by atoms with Gasteiger partial charge in [0, 0.05) is 5.56 Å². The van der Waals surface area contributed by atoms with Crippen molar-refractivity contribution in [2.75, 3.05) is 0 Å². The largest absolute Gasteiger partial charge is 0.465 e. The van der Waals surface area contributed by atoms with Crippen LogP contribution in [0.3, 0.4) is 0 Å². The minimum absolute atomic E-state index is 0.714. The van der Waals surface area contributed by atoms with Crippen molar-refractivity contribution in [3.63, 3.8) is 0 Å². The maximum absolute atomic E-state index is 5.21. The highest BCUT2D eigenvalue weighted by atomic mass is 16.5. The smallest absolute Gasteiger partial charge is 0.168 e. The summed E-state index contributed by atoms with van der Waals surface area (Å²) in [7, 11) is 0. The van der Waals surface area contributed by atoms with Gasteiger partial charge < -0.3 is 9.47 Å². The lowest BCUT2D eigenvalue weighted by atomic mass is 10.2. The average molecular weight is 159 g/mol. The van der Waals surface area contributed by atoms with Crippen LogP contribution in [0.25, 0.3) is 5.76 Å². The van der Waals surface area contributed by atoms with Crippen molar-refractivity contribution in [1.82, 2.24) is 0 Å². The summed E-state index contributed by atoms with van der Waals surface area (Å²) in [4.78, 5) is 0. The van der Waals surface area contributed by atoms with E-state index in [0.717, 1.165) is 5.56 Å². The molecule has 0 amide bonds. The summed E-state index contributed by atoms with van der Waals surface area (Å²) < 4.78 is 10.2. The molecule has 0 aromatic heterocycles. The summed E-state index contributed by atoms with van der Waals surface area (Å²) in [5.74, 6) is 0.714. The Bertz CT molecular complexity index is 312. The molecule has 0 atom stereocenters. The first kappa shape index (κ1) is 6.98. The second-order valence-electron chi connectivity index (χ2n) is 2.30. The molecule has 1 aliphatic rings. The van der Waals surface area contributed by atoms with Crippen molar-refractivity contribution >= 4 is 5.76 Å². The second kappa shape index (κ2) is 3.13. The van der Waals surface area contributed by atoms with Gasteiger partial charge in [0.15, 0.2) is 5.76 Å². The van der Waals surface area contributed by atoms with Gasteiger partial charge in [-0.15, -0.1) is 0 Å². The van der Waals surface area contributed by atoms with Crippen LogP contribution >= 0.6 is 0 Å². The number of hydrogen-bond acceptors (Lipinski definition) is 2. The molecule has 0 unspecified atom stereocenters. The number of benzene rings is 1. The van der Waals surface area contributed by atoms with Crippen molar-refractivity contribution in [3.05, 3.63) is 54.7 Å². The molecule has 0 aliphatic carbocycles. The van der Waals surface area contributed by atoms with Crippen LogP contribution in [0.2, 0.25) is 0 Å². The monoisotopic (exact) mass is 159 g/mol. The minimum atomic E-state index is 0.714. The molecule has 1 heterocycles. The standard InChI is InChI=1S/C10H7O2/c1-2-4-9(5-3-1)10-8-11-6-7-12-10/h2-8H. The van der Waals surface area contributed by atoms with Gasteiger partial charge in [-0.3, -0.25) is 0 Å². The Balaban J connectivity index is 2.26. The molecule has 12 heavy (non-hydrogen) atoms. The fraction of sp³-hybridized carbons (Fsp3) is 0. The van der Waals surface area contributed by atoms with Gasteiger partial charge in [-0.2, -0.15) is 0 Å². The SMILES string of the molecule is [c]1ccc(C2=COC=CO2)cc1. The summed E-state index contributed by atoms with van der Waals surface area (Å²) in [6.45, 7) is 0. The highest BCUT2D eigenvalue weighted by Gasteiger charge is 2.03. The zero-order chi connectivity index (χ0) is 8.23. The molecule has 0 fully saturated rings. The first-order valence-electron chi connectivity index (χ1n) is 3.60. The second-order valence-corrected chi connectivity index (χ2v) is 2.30. The van der Waals surface area contributed by atoms with E-state index in [9.17, 15) is 0 Å². The van der Waals surface area contributed by atoms with E-state index < -0.39 is 0 Å². The predicted octanol–water partition coefficient (Wildman–Crippen LogP) is 2.30. The fourth-order valence-electron chi connectivity index (χ4n) is 0.949. The van der Waals surface area contributed by atoms with Crippen molar-refractivity contribution in [1.29, 1.82) is 0 Å². The van der Waals surface area contributed by atoms with Crippen LogP contribution < -0.4 is 0 Å². The molecule has 2 nitrogen and oxygen atoms in total. The molecule has 1 aliphatic heterocycles. The third-order valence-electron chi connectivity index (χ3n) is 1.51. The Labute approximate surface area is 70.7 Å². The Kier molecular flexibility index (Phi) is 1.82. The van der Waals surface area contributed by atoms with Gasteiger partial charge in [-0.05, 0) is 6.07 Å². The normalized spacial score (nSPS) is 14.5.